The highest BCUT2D eigenvalue weighted by Gasteiger charge is 2.48. The van der Waals surface area contributed by atoms with E-state index in [0.29, 0.717) is 4.67 Å². The van der Waals surface area contributed by atoms with Crippen LogP contribution >= 0.6 is 15.9 Å². The van der Waals surface area contributed by atoms with Gasteiger partial charge in [-0.25, -0.2) is 0 Å². The van der Waals surface area contributed by atoms with E-state index in [2.05, 4.69) is 15.9 Å². The zero-order valence-corrected chi connectivity index (χ0v) is 12.5. The molecule has 4 nitrogen and oxygen atoms in total. The first kappa shape index (κ1) is 15.4. The zero-order chi connectivity index (χ0) is 15.1. The Morgan fingerprint density at radius 3 is 2.55 bits per heavy atom. The van der Waals surface area contributed by atoms with Crippen LogP contribution in [0.25, 0.3) is 0 Å². The Balaban J connectivity index is 2.19. The summed E-state index contributed by atoms with van der Waals surface area (Å²) in [6.07, 6.45) is -4.37. The van der Waals surface area contributed by atoms with Gasteiger partial charge < -0.3 is 9.32 Å². The Labute approximate surface area is 122 Å². The number of likely N-dealkylation sites (N-methyl/N-ethyl adjacent to an activating group) is 1. The third kappa shape index (κ3) is 3.01. The number of halogens is 4. The molecule has 0 radical (unpaired) electrons. The van der Waals surface area contributed by atoms with Crippen molar-refractivity contribution in [2.75, 3.05) is 20.1 Å². The summed E-state index contributed by atoms with van der Waals surface area (Å²) < 4.78 is 44.5. The summed E-state index contributed by atoms with van der Waals surface area (Å²) in [6.45, 7) is 1.51. The normalized spacial score (nSPS) is 25.0. The predicted octanol–water partition coefficient (Wildman–Crippen LogP) is 2.75. The Bertz CT molecular complexity index is 503. The summed E-state index contributed by atoms with van der Waals surface area (Å²) in [4.78, 5) is 14.6. The minimum atomic E-state index is -4.37. The van der Waals surface area contributed by atoms with Crippen LogP contribution in [0.5, 0.6) is 0 Å². The maximum Gasteiger partial charge on any atom is 0.405 e. The number of amides is 1. The van der Waals surface area contributed by atoms with E-state index in [9.17, 15) is 18.0 Å². The van der Waals surface area contributed by atoms with Crippen molar-refractivity contribution in [1.82, 2.24) is 9.80 Å². The van der Waals surface area contributed by atoms with E-state index in [1.54, 1.807) is 6.92 Å². The van der Waals surface area contributed by atoms with Gasteiger partial charge in [0.2, 0.25) is 0 Å². The van der Waals surface area contributed by atoms with Gasteiger partial charge in [0.1, 0.15) is 6.04 Å². The molecule has 2 rings (SSSR count). The average Bonchev–Trinajstić information content (AvgIpc) is 2.76. The van der Waals surface area contributed by atoms with Crippen LogP contribution in [-0.2, 0) is 0 Å². The number of hydrogen-bond donors (Lipinski definition) is 0. The molecule has 8 heteroatoms. The zero-order valence-electron chi connectivity index (χ0n) is 10.9. The number of hydrogen-bond acceptors (Lipinski definition) is 3. The first-order valence-corrected chi connectivity index (χ1v) is 6.82. The fraction of sp³-hybridized carbons (Fsp3) is 0.583. The van der Waals surface area contributed by atoms with Gasteiger partial charge in [-0.2, -0.15) is 13.2 Å². The van der Waals surface area contributed by atoms with E-state index in [-0.39, 0.29) is 24.9 Å². The summed E-state index contributed by atoms with van der Waals surface area (Å²) in [5.41, 5.74) is 0. The molecule has 112 valence electrons. The second-order valence-corrected chi connectivity index (χ2v) is 5.67. The molecule has 1 amide bonds. The van der Waals surface area contributed by atoms with Gasteiger partial charge in [-0.3, -0.25) is 9.69 Å². The highest BCUT2D eigenvalue weighted by atomic mass is 79.9. The van der Waals surface area contributed by atoms with Crippen LogP contribution in [0.3, 0.4) is 0 Å². The van der Waals surface area contributed by atoms with Crippen molar-refractivity contribution in [2.24, 2.45) is 0 Å². The fourth-order valence-electron chi connectivity index (χ4n) is 2.25. The van der Waals surface area contributed by atoms with Crippen molar-refractivity contribution in [3.63, 3.8) is 0 Å². The van der Waals surface area contributed by atoms with E-state index in [4.69, 9.17) is 4.42 Å². The lowest BCUT2D eigenvalue weighted by Crippen LogP contribution is -2.62. The van der Waals surface area contributed by atoms with E-state index in [1.165, 1.54) is 29.0 Å². The van der Waals surface area contributed by atoms with Crippen LogP contribution in [0, 0.1) is 0 Å². The summed E-state index contributed by atoms with van der Waals surface area (Å²) in [6, 6.07) is 0.942. The Morgan fingerprint density at radius 1 is 1.40 bits per heavy atom. The number of rotatable bonds is 1. The van der Waals surface area contributed by atoms with Gasteiger partial charge in [0.25, 0.3) is 5.91 Å². The molecule has 1 aliphatic heterocycles. The fourth-order valence-corrected chi connectivity index (χ4v) is 2.56. The second kappa shape index (κ2) is 5.40. The smallest absolute Gasteiger partial charge is 0.405 e. The monoisotopic (exact) mass is 354 g/mol. The number of carbonyl (C=O) groups is 1. The molecule has 1 fully saturated rings. The van der Waals surface area contributed by atoms with Crippen LogP contribution in [0.4, 0.5) is 13.2 Å². The lowest BCUT2D eigenvalue weighted by molar-refractivity contribution is -0.197. The lowest BCUT2D eigenvalue weighted by Gasteiger charge is -2.43. The Morgan fingerprint density at radius 2 is 2.05 bits per heavy atom. The minimum Gasteiger partial charge on any atom is -0.444 e. The quantitative estimate of drug-likeness (QED) is 0.778. The Hall–Kier alpha value is -1.02. The van der Waals surface area contributed by atoms with Gasteiger partial charge in [0.15, 0.2) is 10.4 Å². The number of nitrogens with zero attached hydrogens (tertiary/aromatic N) is 2. The Kier molecular flexibility index (Phi) is 4.15. The summed E-state index contributed by atoms with van der Waals surface area (Å²) in [5, 5.41) is 0. The largest absolute Gasteiger partial charge is 0.444 e. The van der Waals surface area contributed by atoms with Crippen molar-refractivity contribution in [3.05, 3.63) is 22.6 Å². The summed E-state index contributed by atoms with van der Waals surface area (Å²) >= 11 is 3.06. The van der Waals surface area contributed by atoms with Crippen molar-refractivity contribution in [2.45, 2.75) is 25.2 Å². The van der Waals surface area contributed by atoms with E-state index in [0.717, 1.165) is 0 Å². The highest BCUT2D eigenvalue weighted by Crippen LogP contribution is 2.30. The molecule has 0 aliphatic carbocycles. The maximum atomic E-state index is 13.0. The molecule has 1 aliphatic rings. The van der Waals surface area contributed by atoms with Crippen LogP contribution in [-0.4, -0.2) is 54.1 Å². The number of piperazine rings is 1. The molecule has 0 saturated carbocycles. The van der Waals surface area contributed by atoms with E-state index >= 15 is 0 Å². The van der Waals surface area contributed by atoms with Crippen molar-refractivity contribution >= 4 is 21.8 Å². The van der Waals surface area contributed by atoms with Crippen molar-refractivity contribution in [3.8, 4) is 0 Å². The molecule has 0 N–H and O–H groups in total. The van der Waals surface area contributed by atoms with Gasteiger partial charge in [0, 0.05) is 19.1 Å². The van der Waals surface area contributed by atoms with Gasteiger partial charge >= 0.3 is 6.18 Å². The molecule has 0 aromatic carbocycles. The third-order valence-electron chi connectivity index (χ3n) is 3.51. The number of carbonyl (C=O) groups excluding carboxylic acids is 1. The first-order chi connectivity index (χ1) is 9.20. The maximum absolute atomic E-state index is 13.0. The molecule has 2 unspecified atom stereocenters. The lowest BCUT2D eigenvalue weighted by atomic mass is 10.1. The molecule has 20 heavy (non-hydrogen) atoms. The molecular weight excluding hydrogens is 341 g/mol. The molecule has 1 saturated heterocycles. The van der Waals surface area contributed by atoms with Crippen molar-refractivity contribution in [1.29, 1.82) is 0 Å². The molecule has 2 heterocycles. The van der Waals surface area contributed by atoms with Crippen LogP contribution in [0.15, 0.2) is 21.2 Å². The first-order valence-electron chi connectivity index (χ1n) is 6.03. The molecular formula is C12H14BrF3N2O2. The third-order valence-corrected chi connectivity index (χ3v) is 3.94. The number of alkyl halides is 3. The van der Waals surface area contributed by atoms with Crippen LogP contribution in [0.1, 0.15) is 17.5 Å². The summed E-state index contributed by atoms with van der Waals surface area (Å²) in [5.74, 6) is -0.487. The highest BCUT2D eigenvalue weighted by molar-refractivity contribution is 9.10. The van der Waals surface area contributed by atoms with Crippen LogP contribution in [0.2, 0.25) is 0 Å². The van der Waals surface area contributed by atoms with Gasteiger partial charge in [0.05, 0.1) is 0 Å². The van der Waals surface area contributed by atoms with Gasteiger partial charge in [-0.1, -0.05) is 0 Å². The molecule has 2 atom stereocenters. The van der Waals surface area contributed by atoms with E-state index < -0.39 is 18.1 Å². The molecule has 0 spiro atoms. The SMILES string of the molecule is CC1CN(C(=O)c2ccc(Br)o2)CC(C(F)(F)F)N1C. The molecule has 0 bridgehead atoms. The minimum absolute atomic E-state index is 0.0366. The number of furan rings is 1. The van der Waals surface area contributed by atoms with Gasteiger partial charge in [-0.05, 0) is 42.0 Å². The topological polar surface area (TPSA) is 36.7 Å². The molecule has 1 aromatic rings. The van der Waals surface area contributed by atoms with Crippen molar-refractivity contribution < 1.29 is 22.4 Å². The second-order valence-electron chi connectivity index (χ2n) is 4.89. The standard InChI is InChI=1S/C12H14BrF3N2O2/c1-7-5-18(6-9(17(7)2)12(14,15)16)11(19)8-3-4-10(13)20-8/h3-4,7,9H,5-6H2,1-2H3. The average molecular weight is 355 g/mol. The van der Waals surface area contributed by atoms with Crippen LogP contribution < -0.4 is 0 Å². The summed E-state index contributed by atoms with van der Waals surface area (Å²) in [7, 11) is 1.42. The predicted molar refractivity (Wildman–Crippen MR) is 69.4 cm³/mol. The van der Waals surface area contributed by atoms with E-state index in [1.807, 2.05) is 0 Å². The van der Waals surface area contributed by atoms with Gasteiger partial charge in [-0.15, -0.1) is 0 Å². The molecule has 1 aromatic heterocycles.